The Balaban J connectivity index is 2.01. The number of nitrogens with two attached hydrogens (primary N) is 1. The number of rotatable bonds is 2. The van der Waals surface area contributed by atoms with Gasteiger partial charge >= 0.3 is 0 Å². The molecule has 4 nitrogen and oxygen atoms in total. The molecule has 0 atom stereocenters. The van der Waals surface area contributed by atoms with Crippen LogP contribution in [0.3, 0.4) is 0 Å². The normalized spacial score (nSPS) is 11.0. The van der Waals surface area contributed by atoms with Crippen molar-refractivity contribution < 1.29 is 0 Å². The number of hydrogen-bond acceptors (Lipinski definition) is 4. The van der Waals surface area contributed by atoms with Crippen molar-refractivity contribution in [2.45, 2.75) is 0 Å². The van der Waals surface area contributed by atoms with Gasteiger partial charge in [-0.2, -0.15) is 0 Å². The number of fused-ring (bicyclic) bond motifs is 1. The molecule has 4 rings (SSSR count). The third-order valence-electron chi connectivity index (χ3n) is 3.93. The lowest BCUT2D eigenvalue weighted by Crippen LogP contribution is -1.98. The van der Waals surface area contributed by atoms with E-state index in [0.29, 0.717) is 21.5 Å². The summed E-state index contributed by atoms with van der Waals surface area (Å²) in [4.78, 5) is 13.0. The van der Waals surface area contributed by atoms with Crippen LogP contribution in [0.4, 0.5) is 5.82 Å². The lowest BCUT2D eigenvalue weighted by atomic mass is 10.00. The molecule has 0 amide bonds. The van der Waals surface area contributed by atoms with Crippen molar-refractivity contribution in [2.24, 2.45) is 0 Å². The number of anilines is 1. The van der Waals surface area contributed by atoms with Crippen LogP contribution in [0.15, 0.2) is 60.9 Å². The van der Waals surface area contributed by atoms with Gasteiger partial charge in [-0.1, -0.05) is 47.5 Å². The number of pyridine rings is 1. The first kappa shape index (κ1) is 15.8. The van der Waals surface area contributed by atoms with Crippen molar-refractivity contribution in [1.82, 2.24) is 15.0 Å². The standard InChI is InChI=1S/C19H12Cl2N4/c20-13-5-1-11(2-6-13)15-9-16(12-3-7-14(21)8-4-12)25-19-17(15)18(22)23-10-24-19/h1-10H,(H2,22,23,24,25). The molecule has 0 fully saturated rings. The van der Waals surface area contributed by atoms with E-state index in [1.54, 1.807) is 0 Å². The first-order chi connectivity index (χ1) is 12.1. The van der Waals surface area contributed by atoms with Crippen molar-refractivity contribution in [3.05, 3.63) is 71.0 Å². The molecule has 0 aliphatic carbocycles. The summed E-state index contributed by atoms with van der Waals surface area (Å²) in [5.41, 5.74) is 10.2. The van der Waals surface area contributed by atoms with Gasteiger partial charge in [-0.3, -0.25) is 0 Å². The number of benzene rings is 2. The highest BCUT2D eigenvalue weighted by Gasteiger charge is 2.13. The molecule has 2 aromatic carbocycles. The average Bonchev–Trinajstić information content (AvgIpc) is 2.62. The lowest BCUT2D eigenvalue weighted by molar-refractivity contribution is 1.19. The Morgan fingerprint density at radius 1 is 0.760 bits per heavy atom. The van der Waals surface area contributed by atoms with Crippen molar-refractivity contribution in [3.8, 4) is 22.4 Å². The van der Waals surface area contributed by atoms with E-state index in [1.807, 2.05) is 54.6 Å². The fourth-order valence-corrected chi connectivity index (χ4v) is 2.97. The second kappa shape index (κ2) is 6.31. The smallest absolute Gasteiger partial charge is 0.165 e. The topological polar surface area (TPSA) is 64.7 Å². The Morgan fingerprint density at radius 2 is 1.36 bits per heavy atom. The second-order valence-electron chi connectivity index (χ2n) is 5.53. The molecule has 2 N–H and O–H groups in total. The molecule has 0 aliphatic heterocycles. The van der Waals surface area contributed by atoms with Crippen LogP contribution >= 0.6 is 23.2 Å². The van der Waals surface area contributed by atoms with Gasteiger partial charge in [0.2, 0.25) is 0 Å². The van der Waals surface area contributed by atoms with Crippen LogP contribution < -0.4 is 5.73 Å². The Morgan fingerprint density at radius 3 is 2.00 bits per heavy atom. The van der Waals surface area contributed by atoms with Crippen molar-refractivity contribution >= 4 is 40.1 Å². The molecule has 0 bridgehead atoms. The summed E-state index contributed by atoms with van der Waals surface area (Å²) in [5.74, 6) is 0.394. The highest BCUT2D eigenvalue weighted by Crippen LogP contribution is 2.34. The fourth-order valence-electron chi connectivity index (χ4n) is 2.71. The highest BCUT2D eigenvalue weighted by atomic mass is 35.5. The molecule has 0 unspecified atom stereocenters. The molecular formula is C19H12Cl2N4. The summed E-state index contributed by atoms with van der Waals surface area (Å²) in [6.07, 6.45) is 1.42. The molecular weight excluding hydrogens is 355 g/mol. The van der Waals surface area contributed by atoms with Gasteiger partial charge in [0.15, 0.2) is 5.65 Å². The molecule has 122 valence electrons. The third kappa shape index (κ3) is 3.02. The van der Waals surface area contributed by atoms with Gasteiger partial charge in [-0.25, -0.2) is 15.0 Å². The van der Waals surface area contributed by atoms with Gasteiger partial charge in [0.1, 0.15) is 12.1 Å². The van der Waals surface area contributed by atoms with E-state index >= 15 is 0 Å². The zero-order chi connectivity index (χ0) is 17.4. The minimum absolute atomic E-state index is 0.394. The van der Waals surface area contributed by atoms with E-state index in [2.05, 4.69) is 15.0 Å². The van der Waals surface area contributed by atoms with Crippen LogP contribution in [0.1, 0.15) is 0 Å². The lowest BCUT2D eigenvalue weighted by Gasteiger charge is -2.11. The van der Waals surface area contributed by atoms with Crippen LogP contribution in [0.2, 0.25) is 10.0 Å². The van der Waals surface area contributed by atoms with Gasteiger partial charge in [0.25, 0.3) is 0 Å². The van der Waals surface area contributed by atoms with Gasteiger partial charge in [-0.15, -0.1) is 0 Å². The Hall–Kier alpha value is -2.69. The molecule has 0 saturated heterocycles. The third-order valence-corrected chi connectivity index (χ3v) is 4.43. The van der Waals surface area contributed by atoms with Crippen molar-refractivity contribution in [1.29, 1.82) is 0 Å². The van der Waals surface area contributed by atoms with E-state index in [0.717, 1.165) is 27.8 Å². The number of hydrogen-bond donors (Lipinski definition) is 1. The zero-order valence-corrected chi connectivity index (χ0v) is 14.5. The van der Waals surface area contributed by atoms with E-state index in [9.17, 15) is 0 Å². The number of aromatic nitrogens is 3. The van der Waals surface area contributed by atoms with Crippen LogP contribution in [0, 0.1) is 0 Å². The predicted molar refractivity (Wildman–Crippen MR) is 103 cm³/mol. The molecule has 2 heterocycles. The van der Waals surface area contributed by atoms with Gasteiger partial charge in [0, 0.05) is 15.6 Å². The van der Waals surface area contributed by atoms with E-state index in [4.69, 9.17) is 28.9 Å². The number of halogens is 2. The second-order valence-corrected chi connectivity index (χ2v) is 6.40. The molecule has 25 heavy (non-hydrogen) atoms. The molecule has 2 aromatic heterocycles. The Labute approximate surface area is 154 Å². The summed E-state index contributed by atoms with van der Waals surface area (Å²) >= 11 is 12.0. The number of nitrogen functional groups attached to an aromatic ring is 1. The first-order valence-electron chi connectivity index (χ1n) is 7.55. The molecule has 4 aromatic rings. The molecule has 6 heteroatoms. The van der Waals surface area contributed by atoms with E-state index in [1.165, 1.54) is 6.33 Å². The largest absolute Gasteiger partial charge is 0.383 e. The van der Waals surface area contributed by atoms with Crippen LogP contribution in [0.25, 0.3) is 33.4 Å². The SMILES string of the molecule is Nc1ncnc2nc(-c3ccc(Cl)cc3)cc(-c3ccc(Cl)cc3)c12. The maximum absolute atomic E-state index is 6.10. The van der Waals surface area contributed by atoms with Gasteiger partial charge < -0.3 is 5.73 Å². The maximum Gasteiger partial charge on any atom is 0.165 e. The van der Waals surface area contributed by atoms with Crippen LogP contribution in [-0.4, -0.2) is 15.0 Å². The quantitative estimate of drug-likeness (QED) is 0.526. The van der Waals surface area contributed by atoms with Crippen molar-refractivity contribution in [2.75, 3.05) is 5.73 Å². The van der Waals surface area contributed by atoms with Crippen LogP contribution in [-0.2, 0) is 0 Å². The number of nitrogens with zero attached hydrogens (tertiary/aromatic N) is 3. The average molecular weight is 367 g/mol. The molecule has 0 radical (unpaired) electrons. The van der Waals surface area contributed by atoms with E-state index < -0.39 is 0 Å². The minimum atomic E-state index is 0.394. The summed E-state index contributed by atoms with van der Waals surface area (Å²) < 4.78 is 0. The van der Waals surface area contributed by atoms with Crippen molar-refractivity contribution in [3.63, 3.8) is 0 Å². The first-order valence-corrected chi connectivity index (χ1v) is 8.30. The zero-order valence-electron chi connectivity index (χ0n) is 12.9. The van der Waals surface area contributed by atoms with Crippen LogP contribution in [0.5, 0.6) is 0 Å². The van der Waals surface area contributed by atoms with E-state index in [-0.39, 0.29) is 0 Å². The summed E-state index contributed by atoms with van der Waals surface area (Å²) in [5, 5.41) is 2.07. The minimum Gasteiger partial charge on any atom is -0.383 e. The summed E-state index contributed by atoms with van der Waals surface area (Å²) in [6.45, 7) is 0. The maximum atomic E-state index is 6.10. The Kier molecular flexibility index (Phi) is 3.99. The van der Waals surface area contributed by atoms with Gasteiger partial charge in [0.05, 0.1) is 11.1 Å². The molecule has 0 aliphatic rings. The summed E-state index contributed by atoms with van der Waals surface area (Å²) in [7, 11) is 0. The molecule has 0 spiro atoms. The Bertz CT molecular complexity index is 1060. The fraction of sp³-hybridized carbons (Fsp3) is 0. The highest BCUT2D eigenvalue weighted by molar-refractivity contribution is 6.31. The summed E-state index contributed by atoms with van der Waals surface area (Å²) in [6, 6.07) is 17.0. The molecule has 0 saturated carbocycles. The monoisotopic (exact) mass is 366 g/mol. The predicted octanol–water partition coefficient (Wildman–Crippen LogP) is 5.25. The van der Waals surface area contributed by atoms with Gasteiger partial charge in [-0.05, 0) is 41.5 Å².